The number of hydrogen-bond donors (Lipinski definition) is 2. The number of rotatable bonds is 6. The summed E-state index contributed by atoms with van der Waals surface area (Å²) >= 11 is 1.76. The van der Waals surface area contributed by atoms with Gasteiger partial charge in [-0.2, -0.15) is 0 Å². The smallest absolute Gasteiger partial charge is 0.115 e. The molecule has 2 N–H and O–H groups in total. The number of anilines is 1. The van der Waals surface area contributed by atoms with E-state index < -0.39 is 0 Å². The van der Waals surface area contributed by atoms with Gasteiger partial charge in [0.05, 0.1) is 0 Å². The van der Waals surface area contributed by atoms with Crippen molar-refractivity contribution in [1.82, 2.24) is 0 Å². The minimum Gasteiger partial charge on any atom is -0.508 e. The molecule has 0 saturated heterocycles. The van der Waals surface area contributed by atoms with E-state index in [-0.39, 0.29) is 0 Å². The summed E-state index contributed by atoms with van der Waals surface area (Å²) in [5.41, 5.74) is 2.43. The van der Waals surface area contributed by atoms with E-state index in [1.807, 2.05) is 12.1 Å². The van der Waals surface area contributed by atoms with Gasteiger partial charge in [0, 0.05) is 16.6 Å². The summed E-state index contributed by atoms with van der Waals surface area (Å²) in [6.45, 7) is 2.20. The van der Waals surface area contributed by atoms with E-state index in [9.17, 15) is 5.11 Å². The first-order chi connectivity index (χ1) is 9.67. The third-order valence-electron chi connectivity index (χ3n) is 3.29. The molecule has 2 aromatic carbocycles. The van der Waals surface area contributed by atoms with Gasteiger partial charge in [-0.15, -0.1) is 11.8 Å². The van der Waals surface area contributed by atoms with Gasteiger partial charge >= 0.3 is 0 Å². The average molecular weight is 287 g/mol. The zero-order valence-corrected chi connectivity index (χ0v) is 12.8. The van der Waals surface area contributed by atoms with Gasteiger partial charge in [-0.25, -0.2) is 0 Å². The number of phenolic OH excluding ortho intramolecular Hbond substituents is 1. The van der Waals surface area contributed by atoms with Gasteiger partial charge in [-0.1, -0.05) is 18.2 Å². The molecule has 1 unspecified atom stereocenters. The van der Waals surface area contributed by atoms with Crippen LogP contribution in [0.2, 0.25) is 0 Å². The second-order valence-electron chi connectivity index (χ2n) is 4.98. The van der Waals surface area contributed by atoms with Crippen LogP contribution in [0.5, 0.6) is 5.75 Å². The lowest BCUT2D eigenvalue weighted by molar-refractivity contribution is 0.475. The zero-order chi connectivity index (χ0) is 14.4. The lowest BCUT2D eigenvalue weighted by Gasteiger charge is -2.15. The van der Waals surface area contributed by atoms with Crippen LogP contribution in [0.4, 0.5) is 5.69 Å². The van der Waals surface area contributed by atoms with Crippen molar-refractivity contribution in [3.63, 3.8) is 0 Å². The number of hydrogen-bond acceptors (Lipinski definition) is 3. The summed E-state index contributed by atoms with van der Waals surface area (Å²) in [7, 11) is 0. The summed E-state index contributed by atoms with van der Waals surface area (Å²) < 4.78 is 0. The number of phenols is 1. The third kappa shape index (κ3) is 4.49. The molecule has 3 heteroatoms. The van der Waals surface area contributed by atoms with E-state index in [2.05, 4.69) is 42.8 Å². The van der Waals surface area contributed by atoms with Crippen LogP contribution in [0.3, 0.4) is 0 Å². The lowest BCUT2D eigenvalue weighted by atomic mass is 10.1. The molecule has 0 spiro atoms. The Balaban J connectivity index is 1.85. The van der Waals surface area contributed by atoms with Gasteiger partial charge in [0.1, 0.15) is 5.75 Å². The minimum absolute atomic E-state index is 0.328. The molecule has 0 aliphatic rings. The molecular formula is C17H21NOS. The molecule has 0 saturated carbocycles. The van der Waals surface area contributed by atoms with Crippen LogP contribution in [0.25, 0.3) is 0 Å². The van der Waals surface area contributed by atoms with Gasteiger partial charge in [-0.3, -0.25) is 0 Å². The molecule has 0 amide bonds. The molecule has 1 atom stereocenters. The molecular weight excluding hydrogens is 266 g/mol. The number of aryl methyl sites for hydroxylation is 1. The monoisotopic (exact) mass is 287 g/mol. The maximum Gasteiger partial charge on any atom is 0.115 e. The van der Waals surface area contributed by atoms with Crippen LogP contribution in [0, 0.1) is 0 Å². The molecule has 2 aromatic rings. The molecule has 0 aromatic heterocycles. The Kier molecular flexibility index (Phi) is 5.36. The van der Waals surface area contributed by atoms with E-state index >= 15 is 0 Å². The molecule has 0 bridgehead atoms. The molecule has 2 nitrogen and oxygen atoms in total. The van der Waals surface area contributed by atoms with Crippen LogP contribution >= 0.6 is 11.8 Å². The summed E-state index contributed by atoms with van der Waals surface area (Å²) in [5, 5.41) is 12.8. The van der Waals surface area contributed by atoms with Crippen molar-refractivity contribution >= 4 is 17.4 Å². The van der Waals surface area contributed by atoms with Crippen molar-refractivity contribution in [2.75, 3.05) is 11.6 Å². The highest BCUT2D eigenvalue weighted by Gasteiger charge is 2.03. The van der Waals surface area contributed by atoms with Crippen LogP contribution in [-0.4, -0.2) is 17.4 Å². The number of benzene rings is 2. The highest BCUT2D eigenvalue weighted by Crippen LogP contribution is 2.20. The van der Waals surface area contributed by atoms with E-state index in [1.54, 1.807) is 23.9 Å². The second kappa shape index (κ2) is 7.25. The summed E-state index contributed by atoms with van der Waals surface area (Å²) in [6, 6.07) is 16.4. The van der Waals surface area contributed by atoms with Gasteiger partial charge in [0.15, 0.2) is 0 Å². The predicted molar refractivity (Wildman–Crippen MR) is 87.7 cm³/mol. The van der Waals surface area contributed by atoms with Crippen molar-refractivity contribution in [1.29, 1.82) is 0 Å². The fourth-order valence-electron chi connectivity index (χ4n) is 2.12. The minimum atomic E-state index is 0.328. The standard InChI is InChI=1S/C17H21NOS/c1-13(6-7-14-8-10-16(19)11-9-14)18-15-4-3-5-17(12-15)20-2/h3-5,8-13,18-19H,6-7H2,1-2H3. The SMILES string of the molecule is CSc1cccc(NC(C)CCc2ccc(O)cc2)c1. The Bertz CT molecular complexity index is 539. The van der Waals surface area contributed by atoms with Crippen molar-refractivity contribution in [3.8, 4) is 5.75 Å². The Morgan fingerprint density at radius 3 is 2.60 bits per heavy atom. The quantitative estimate of drug-likeness (QED) is 0.765. The van der Waals surface area contributed by atoms with E-state index in [4.69, 9.17) is 0 Å². The van der Waals surface area contributed by atoms with Crippen molar-refractivity contribution in [3.05, 3.63) is 54.1 Å². The van der Waals surface area contributed by atoms with Crippen LogP contribution < -0.4 is 5.32 Å². The van der Waals surface area contributed by atoms with Gasteiger partial charge in [0.2, 0.25) is 0 Å². The molecule has 0 heterocycles. The molecule has 0 aliphatic carbocycles. The van der Waals surface area contributed by atoms with Gasteiger partial charge in [0.25, 0.3) is 0 Å². The molecule has 20 heavy (non-hydrogen) atoms. The first kappa shape index (κ1) is 14.8. The van der Waals surface area contributed by atoms with E-state index in [0.717, 1.165) is 12.8 Å². The second-order valence-corrected chi connectivity index (χ2v) is 5.86. The molecule has 2 rings (SSSR count). The third-order valence-corrected chi connectivity index (χ3v) is 4.01. The highest BCUT2D eigenvalue weighted by molar-refractivity contribution is 7.98. The topological polar surface area (TPSA) is 32.3 Å². The molecule has 0 aliphatic heterocycles. The summed E-state index contributed by atoms with van der Waals surface area (Å²) in [6.07, 6.45) is 4.16. The van der Waals surface area contributed by atoms with E-state index in [0.29, 0.717) is 11.8 Å². The maximum atomic E-state index is 9.26. The van der Waals surface area contributed by atoms with Crippen molar-refractivity contribution in [2.45, 2.75) is 30.7 Å². The Labute approximate surface area is 125 Å². The maximum absolute atomic E-state index is 9.26. The number of aromatic hydroxyl groups is 1. The molecule has 106 valence electrons. The van der Waals surface area contributed by atoms with Crippen molar-refractivity contribution < 1.29 is 5.11 Å². The Morgan fingerprint density at radius 2 is 1.90 bits per heavy atom. The first-order valence-electron chi connectivity index (χ1n) is 6.86. The van der Waals surface area contributed by atoms with Crippen LogP contribution in [0.1, 0.15) is 18.9 Å². The zero-order valence-electron chi connectivity index (χ0n) is 12.0. The highest BCUT2D eigenvalue weighted by atomic mass is 32.2. The van der Waals surface area contributed by atoms with Crippen LogP contribution in [-0.2, 0) is 6.42 Å². The fraction of sp³-hybridized carbons (Fsp3) is 0.294. The summed E-state index contributed by atoms with van der Waals surface area (Å²) in [5.74, 6) is 0.328. The number of thioether (sulfide) groups is 1. The number of nitrogens with one attached hydrogen (secondary N) is 1. The molecule has 0 fully saturated rings. The van der Waals surface area contributed by atoms with Gasteiger partial charge in [-0.05, 0) is 61.9 Å². The summed E-state index contributed by atoms with van der Waals surface area (Å²) in [4.78, 5) is 1.28. The lowest BCUT2D eigenvalue weighted by Crippen LogP contribution is -2.15. The van der Waals surface area contributed by atoms with Crippen LogP contribution in [0.15, 0.2) is 53.4 Å². The van der Waals surface area contributed by atoms with E-state index in [1.165, 1.54) is 16.1 Å². The average Bonchev–Trinajstić information content (AvgIpc) is 2.47. The van der Waals surface area contributed by atoms with Crippen molar-refractivity contribution in [2.24, 2.45) is 0 Å². The predicted octanol–water partition coefficient (Wildman–Crippen LogP) is 4.55. The fourth-order valence-corrected chi connectivity index (χ4v) is 2.57. The Morgan fingerprint density at radius 1 is 1.15 bits per heavy atom. The normalized spacial score (nSPS) is 12.1. The van der Waals surface area contributed by atoms with Gasteiger partial charge < -0.3 is 10.4 Å². The molecule has 0 radical (unpaired) electrons. The Hall–Kier alpha value is -1.61. The first-order valence-corrected chi connectivity index (χ1v) is 8.08. The largest absolute Gasteiger partial charge is 0.508 e.